The van der Waals surface area contributed by atoms with Gasteiger partial charge >= 0.3 is 0 Å². The Labute approximate surface area is 147 Å². The summed E-state index contributed by atoms with van der Waals surface area (Å²) in [6, 6.07) is 4.83. The Kier molecular flexibility index (Phi) is 5.06. The van der Waals surface area contributed by atoms with Crippen LogP contribution in [0.2, 0.25) is 0 Å². The van der Waals surface area contributed by atoms with Gasteiger partial charge in [0, 0.05) is 41.6 Å². The van der Waals surface area contributed by atoms with Gasteiger partial charge in [0.05, 0.1) is 18.2 Å². The molecule has 0 saturated carbocycles. The van der Waals surface area contributed by atoms with Crippen molar-refractivity contribution in [1.82, 2.24) is 19.8 Å². The summed E-state index contributed by atoms with van der Waals surface area (Å²) >= 11 is 1.86. The van der Waals surface area contributed by atoms with Crippen LogP contribution in [-0.4, -0.2) is 32.9 Å². The zero-order valence-electron chi connectivity index (χ0n) is 14.9. The summed E-state index contributed by atoms with van der Waals surface area (Å²) in [5.41, 5.74) is 0.865. The van der Waals surface area contributed by atoms with E-state index in [1.54, 1.807) is 0 Å². The average Bonchev–Trinajstić information content (AvgIpc) is 3.07. The van der Waals surface area contributed by atoms with E-state index in [0.717, 1.165) is 31.2 Å². The molecule has 2 aromatic heterocycles. The van der Waals surface area contributed by atoms with Crippen LogP contribution in [0.1, 0.15) is 48.1 Å². The topological polar surface area (TPSA) is 50.2 Å². The molecule has 24 heavy (non-hydrogen) atoms. The number of carbonyl (C=O) groups excluding carboxylic acids is 1. The van der Waals surface area contributed by atoms with E-state index in [-0.39, 0.29) is 18.0 Å². The minimum atomic E-state index is 0.0408. The molecule has 0 radical (unpaired) electrons. The van der Waals surface area contributed by atoms with E-state index in [4.69, 9.17) is 4.98 Å². The first-order chi connectivity index (χ1) is 11.4. The number of nitrogens with zero attached hydrogens (tertiary/aromatic N) is 3. The quantitative estimate of drug-likeness (QED) is 0.906. The third-order valence-electron chi connectivity index (χ3n) is 4.35. The van der Waals surface area contributed by atoms with E-state index in [9.17, 15) is 4.79 Å². The summed E-state index contributed by atoms with van der Waals surface area (Å²) < 4.78 is 2.21. The maximum absolute atomic E-state index is 12.0. The third-order valence-corrected chi connectivity index (χ3v) is 5.34. The van der Waals surface area contributed by atoms with Crippen molar-refractivity contribution in [3.8, 4) is 0 Å². The van der Waals surface area contributed by atoms with Gasteiger partial charge in [0.2, 0.25) is 5.91 Å². The Morgan fingerprint density at radius 1 is 1.42 bits per heavy atom. The third kappa shape index (κ3) is 3.87. The molecule has 0 fully saturated rings. The Morgan fingerprint density at radius 3 is 2.88 bits per heavy atom. The molecule has 1 amide bonds. The number of aromatic nitrogens is 2. The first kappa shape index (κ1) is 17.2. The van der Waals surface area contributed by atoms with E-state index < -0.39 is 0 Å². The van der Waals surface area contributed by atoms with Crippen molar-refractivity contribution in [2.45, 2.75) is 59.3 Å². The minimum absolute atomic E-state index is 0.0408. The highest BCUT2D eigenvalue weighted by Gasteiger charge is 2.26. The van der Waals surface area contributed by atoms with E-state index >= 15 is 0 Å². The standard InChI is InChI=1S/C18H26N4OS/c1-12(2)19-17(23)9-15-10-22-8-7-21(14(4)18(22)20-15)11-16-6-5-13(3)24-16/h5-6,10,12,14H,7-9,11H2,1-4H3,(H,19,23). The average molecular weight is 347 g/mol. The van der Waals surface area contributed by atoms with Crippen LogP contribution in [0, 0.1) is 6.92 Å². The predicted molar refractivity (Wildman–Crippen MR) is 97.1 cm³/mol. The fourth-order valence-electron chi connectivity index (χ4n) is 3.20. The van der Waals surface area contributed by atoms with Crippen molar-refractivity contribution in [3.63, 3.8) is 0 Å². The summed E-state index contributed by atoms with van der Waals surface area (Å²) in [5, 5.41) is 2.93. The summed E-state index contributed by atoms with van der Waals surface area (Å²) in [5.74, 6) is 1.11. The number of aryl methyl sites for hydroxylation is 1. The molecular formula is C18H26N4OS. The maximum atomic E-state index is 12.0. The van der Waals surface area contributed by atoms with Crippen LogP contribution >= 0.6 is 11.3 Å². The van der Waals surface area contributed by atoms with Crippen molar-refractivity contribution >= 4 is 17.2 Å². The molecule has 1 atom stereocenters. The fourth-order valence-corrected chi connectivity index (χ4v) is 4.12. The monoisotopic (exact) mass is 346 g/mol. The van der Waals surface area contributed by atoms with Crippen LogP contribution < -0.4 is 5.32 Å². The lowest BCUT2D eigenvalue weighted by Gasteiger charge is -2.33. The van der Waals surface area contributed by atoms with Crippen molar-refractivity contribution in [2.75, 3.05) is 6.54 Å². The van der Waals surface area contributed by atoms with Gasteiger partial charge in [0.25, 0.3) is 0 Å². The lowest BCUT2D eigenvalue weighted by Crippen LogP contribution is -2.36. The number of hydrogen-bond donors (Lipinski definition) is 1. The van der Waals surface area contributed by atoms with Crippen LogP contribution in [-0.2, 0) is 24.3 Å². The molecule has 130 valence electrons. The van der Waals surface area contributed by atoms with Gasteiger partial charge in [-0.05, 0) is 39.8 Å². The van der Waals surface area contributed by atoms with Gasteiger partial charge in [-0.15, -0.1) is 11.3 Å². The number of carbonyl (C=O) groups is 1. The molecule has 1 unspecified atom stereocenters. The van der Waals surface area contributed by atoms with Gasteiger partial charge < -0.3 is 9.88 Å². The number of thiophene rings is 1. The second-order valence-corrected chi connectivity index (χ2v) is 8.21. The Bertz CT molecular complexity index is 718. The Balaban J connectivity index is 1.68. The molecule has 1 N–H and O–H groups in total. The lowest BCUT2D eigenvalue weighted by molar-refractivity contribution is -0.120. The van der Waals surface area contributed by atoms with Crippen molar-refractivity contribution < 1.29 is 4.79 Å². The first-order valence-electron chi connectivity index (χ1n) is 8.57. The summed E-state index contributed by atoms with van der Waals surface area (Å²) in [6.45, 7) is 11.2. The number of fused-ring (bicyclic) bond motifs is 1. The Hall–Kier alpha value is -1.66. The number of amides is 1. The van der Waals surface area contributed by atoms with Crippen LogP contribution in [0.4, 0.5) is 0 Å². The fraction of sp³-hybridized carbons (Fsp3) is 0.556. The molecule has 0 bridgehead atoms. The van der Waals surface area contributed by atoms with E-state index in [1.807, 2.05) is 31.4 Å². The van der Waals surface area contributed by atoms with E-state index in [0.29, 0.717) is 6.42 Å². The van der Waals surface area contributed by atoms with Crippen LogP contribution in [0.15, 0.2) is 18.3 Å². The zero-order chi connectivity index (χ0) is 17.3. The van der Waals surface area contributed by atoms with Crippen LogP contribution in [0.5, 0.6) is 0 Å². The molecule has 0 aromatic carbocycles. The van der Waals surface area contributed by atoms with Crippen LogP contribution in [0.25, 0.3) is 0 Å². The van der Waals surface area contributed by atoms with Gasteiger partial charge in [-0.2, -0.15) is 0 Å². The minimum Gasteiger partial charge on any atom is -0.354 e. The van der Waals surface area contributed by atoms with E-state index in [1.165, 1.54) is 9.75 Å². The second-order valence-electron chi connectivity index (χ2n) is 6.84. The molecule has 1 aliphatic heterocycles. The molecule has 3 rings (SSSR count). The van der Waals surface area contributed by atoms with Crippen molar-refractivity contribution in [3.05, 3.63) is 39.6 Å². The molecule has 3 heterocycles. The number of nitrogens with one attached hydrogen (secondary N) is 1. The summed E-state index contributed by atoms with van der Waals surface area (Å²) in [6.07, 6.45) is 2.40. The summed E-state index contributed by atoms with van der Waals surface area (Å²) in [4.78, 5) is 21.9. The molecule has 0 saturated heterocycles. The number of rotatable bonds is 5. The lowest BCUT2D eigenvalue weighted by atomic mass is 10.2. The zero-order valence-corrected chi connectivity index (χ0v) is 15.7. The number of imidazole rings is 1. The second kappa shape index (κ2) is 7.07. The molecule has 6 heteroatoms. The molecule has 0 spiro atoms. The molecular weight excluding hydrogens is 320 g/mol. The smallest absolute Gasteiger partial charge is 0.226 e. The predicted octanol–water partition coefficient (Wildman–Crippen LogP) is 2.90. The van der Waals surface area contributed by atoms with Crippen molar-refractivity contribution in [2.24, 2.45) is 0 Å². The normalized spacial score (nSPS) is 18.0. The summed E-state index contributed by atoms with van der Waals surface area (Å²) in [7, 11) is 0. The Morgan fingerprint density at radius 2 is 2.21 bits per heavy atom. The van der Waals surface area contributed by atoms with Gasteiger partial charge in [-0.1, -0.05) is 0 Å². The molecule has 2 aromatic rings. The van der Waals surface area contributed by atoms with Crippen LogP contribution in [0.3, 0.4) is 0 Å². The van der Waals surface area contributed by atoms with E-state index in [2.05, 4.69) is 40.8 Å². The van der Waals surface area contributed by atoms with Gasteiger partial charge in [0.1, 0.15) is 5.82 Å². The van der Waals surface area contributed by atoms with Gasteiger partial charge in [-0.3, -0.25) is 9.69 Å². The maximum Gasteiger partial charge on any atom is 0.226 e. The molecule has 1 aliphatic rings. The number of hydrogen-bond acceptors (Lipinski definition) is 4. The highest BCUT2D eigenvalue weighted by Crippen LogP contribution is 2.28. The highest BCUT2D eigenvalue weighted by atomic mass is 32.1. The molecule has 5 nitrogen and oxygen atoms in total. The highest BCUT2D eigenvalue weighted by molar-refractivity contribution is 7.11. The van der Waals surface area contributed by atoms with Crippen molar-refractivity contribution in [1.29, 1.82) is 0 Å². The van der Waals surface area contributed by atoms with Gasteiger partial charge in [-0.25, -0.2) is 4.98 Å². The largest absolute Gasteiger partial charge is 0.354 e. The van der Waals surface area contributed by atoms with Gasteiger partial charge in [0.15, 0.2) is 0 Å². The first-order valence-corrected chi connectivity index (χ1v) is 9.38. The SMILES string of the molecule is Cc1ccc(CN2CCn3cc(CC(=O)NC(C)C)nc3C2C)s1. The molecule has 0 aliphatic carbocycles.